The number of hydrogen-bond donors (Lipinski definition) is 5. The van der Waals surface area contributed by atoms with E-state index in [-0.39, 0.29) is 29.3 Å². The zero-order valence-electron chi connectivity index (χ0n) is 23.0. The van der Waals surface area contributed by atoms with Gasteiger partial charge in [0.15, 0.2) is 0 Å². The van der Waals surface area contributed by atoms with Crippen molar-refractivity contribution in [3.8, 4) is 5.75 Å². The number of likely N-dealkylation sites (tertiary alicyclic amines) is 1. The number of carbonyl (C=O) groups excluding carboxylic acids is 1. The van der Waals surface area contributed by atoms with Crippen LogP contribution >= 0.6 is 0 Å². The van der Waals surface area contributed by atoms with E-state index in [0.717, 1.165) is 34.3 Å². The van der Waals surface area contributed by atoms with E-state index in [1.807, 2.05) is 41.3 Å². The molecule has 5 unspecified atom stereocenters. The van der Waals surface area contributed by atoms with E-state index in [1.165, 1.54) is 5.56 Å². The van der Waals surface area contributed by atoms with Gasteiger partial charge in [0, 0.05) is 65.8 Å². The molecule has 214 valence electrons. The minimum atomic E-state index is -0.862. The molecule has 4 aromatic rings. The van der Waals surface area contributed by atoms with Gasteiger partial charge in [0.25, 0.3) is 5.56 Å². The van der Waals surface area contributed by atoms with Crippen molar-refractivity contribution in [2.24, 2.45) is 5.92 Å². The summed E-state index contributed by atoms with van der Waals surface area (Å²) in [5.41, 5.74) is 3.66. The number of H-pyrrole nitrogens is 2. The van der Waals surface area contributed by atoms with Gasteiger partial charge in [0.05, 0.1) is 19.7 Å². The third kappa shape index (κ3) is 5.90. The number of amides is 1. The van der Waals surface area contributed by atoms with Crippen LogP contribution in [0.4, 0.5) is 0 Å². The second-order valence-corrected chi connectivity index (χ2v) is 11.2. The molecule has 1 aromatic carbocycles. The first kappa shape index (κ1) is 27.2. The Hall–Kier alpha value is -3.99. The second-order valence-electron chi connectivity index (χ2n) is 11.2. The van der Waals surface area contributed by atoms with E-state index >= 15 is 0 Å². The first-order valence-electron chi connectivity index (χ1n) is 14.2. The van der Waals surface area contributed by atoms with Crippen LogP contribution in [0.3, 0.4) is 0 Å². The Balaban J connectivity index is 1.16. The molecule has 10 nitrogen and oxygen atoms in total. The molecule has 3 aromatic heterocycles. The Morgan fingerprint density at radius 1 is 1.22 bits per heavy atom. The highest BCUT2D eigenvalue weighted by Gasteiger charge is 2.44. The first-order valence-corrected chi connectivity index (χ1v) is 14.2. The van der Waals surface area contributed by atoms with Gasteiger partial charge in [-0.3, -0.25) is 19.5 Å². The standard InChI is InChI=1S/C31H36N6O4/c1-41-24-6-4-19(5-7-24)11-20-12-28(30(39)35-17-23-13-22-15-32-10-8-26(22)36-23)37(18-20)31(40)27-14-21(16-34-27)25-3-2-9-33-29(25)38/h2-10,13,15,20-21,27-28,31,34,36,40H,11-12,14,16-18H2,1H3,(H,33,38)(H,35,39). The Kier molecular flexibility index (Phi) is 7.86. The van der Waals surface area contributed by atoms with Crippen LogP contribution in [0, 0.1) is 5.92 Å². The van der Waals surface area contributed by atoms with E-state index < -0.39 is 12.3 Å². The molecule has 0 spiro atoms. The van der Waals surface area contributed by atoms with Crippen molar-refractivity contribution in [3.63, 3.8) is 0 Å². The number of carbonyl (C=O) groups is 1. The fourth-order valence-corrected chi connectivity index (χ4v) is 6.39. The maximum atomic E-state index is 13.6. The van der Waals surface area contributed by atoms with Gasteiger partial charge in [0.2, 0.25) is 5.91 Å². The number of hydrogen-bond acceptors (Lipinski definition) is 7. The zero-order valence-corrected chi connectivity index (χ0v) is 23.0. The normalized spacial score (nSPS) is 23.6. The smallest absolute Gasteiger partial charge is 0.251 e. The van der Waals surface area contributed by atoms with Crippen molar-refractivity contribution in [2.75, 3.05) is 20.2 Å². The topological polar surface area (TPSA) is 135 Å². The number of fused-ring (bicyclic) bond motifs is 1. The summed E-state index contributed by atoms with van der Waals surface area (Å²) >= 11 is 0. The highest BCUT2D eigenvalue weighted by Crippen LogP contribution is 2.33. The fraction of sp³-hybridized carbons (Fsp3) is 0.387. The lowest BCUT2D eigenvalue weighted by molar-refractivity contribution is -0.130. The van der Waals surface area contributed by atoms with Crippen LogP contribution in [0.5, 0.6) is 5.75 Å². The number of pyridine rings is 2. The van der Waals surface area contributed by atoms with Crippen molar-refractivity contribution in [1.82, 2.24) is 30.5 Å². The summed E-state index contributed by atoms with van der Waals surface area (Å²) in [4.78, 5) is 38.1. The Labute approximate surface area is 238 Å². The molecule has 2 saturated heterocycles. The van der Waals surface area contributed by atoms with Crippen LogP contribution < -0.4 is 20.9 Å². The zero-order chi connectivity index (χ0) is 28.3. The average Bonchev–Trinajstić information content (AvgIpc) is 3.75. The third-order valence-corrected chi connectivity index (χ3v) is 8.49. The number of aliphatic hydroxyl groups excluding tert-OH is 1. The lowest BCUT2D eigenvalue weighted by Gasteiger charge is -2.32. The number of nitrogens with one attached hydrogen (secondary N) is 4. The van der Waals surface area contributed by atoms with Crippen molar-refractivity contribution in [2.45, 2.75) is 50.0 Å². The van der Waals surface area contributed by atoms with Gasteiger partial charge in [-0.25, -0.2) is 0 Å². The van der Waals surface area contributed by atoms with Crippen LogP contribution in [0.2, 0.25) is 0 Å². The lowest BCUT2D eigenvalue weighted by Crippen LogP contribution is -2.53. The Morgan fingerprint density at radius 2 is 2.07 bits per heavy atom. The van der Waals surface area contributed by atoms with Crippen LogP contribution in [0.25, 0.3) is 10.9 Å². The number of benzene rings is 1. The molecule has 5 atom stereocenters. The molecule has 2 fully saturated rings. The maximum absolute atomic E-state index is 13.6. The molecule has 2 aliphatic heterocycles. The predicted molar refractivity (Wildman–Crippen MR) is 155 cm³/mol. The van der Waals surface area contributed by atoms with E-state index in [2.05, 4.69) is 37.7 Å². The van der Waals surface area contributed by atoms with Crippen molar-refractivity contribution < 1.29 is 14.6 Å². The minimum Gasteiger partial charge on any atom is -0.497 e. The van der Waals surface area contributed by atoms with Crippen molar-refractivity contribution >= 4 is 16.8 Å². The van der Waals surface area contributed by atoms with Gasteiger partial charge < -0.3 is 30.4 Å². The Bertz CT molecular complexity index is 1520. The summed E-state index contributed by atoms with van der Waals surface area (Å²) in [6.07, 6.45) is 6.35. The first-order chi connectivity index (χ1) is 20.0. The summed E-state index contributed by atoms with van der Waals surface area (Å²) in [6, 6.07) is 14.9. The highest BCUT2D eigenvalue weighted by atomic mass is 16.5. The van der Waals surface area contributed by atoms with E-state index in [1.54, 1.807) is 25.7 Å². The average molecular weight is 557 g/mol. The van der Waals surface area contributed by atoms with Crippen LogP contribution in [0.15, 0.2) is 71.9 Å². The maximum Gasteiger partial charge on any atom is 0.251 e. The molecular formula is C31H36N6O4. The number of aromatic amines is 2. The molecule has 0 bridgehead atoms. The number of rotatable bonds is 9. The molecule has 0 radical (unpaired) electrons. The molecule has 1 amide bonds. The summed E-state index contributed by atoms with van der Waals surface area (Å²) in [5, 5.41) is 19.1. The van der Waals surface area contributed by atoms with E-state index in [0.29, 0.717) is 32.5 Å². The largest absolute Gasteiger partial charge is 0.497 e. The molecule has 5 heterocycles. The second kappa shape index (κ2) is 11.9. The minimum absolute atomic E-state index is 0.000996. The highest BCUT2D eigenvalue weighted by molar-refractivity contribution is 5.83. The number of aliphatic hydroxyl groups is 1. The summed E-state index contributed by atoms with van der Waals surface area (Å²) in [5.74, 6) is 0.900. The van der Waals surface area contributed by atoms with Gasteiger partial charge in [-0.2, -0.15) is 0 Å². The van der Waals surface area contributed by atoms with Crippen LogP contribution in [-0.4, -0.2) is 69.4 Å². The molecule has 5 N–H and O–H groups in total. The van der Waals surface area contributed by atoms with Gasteiger partial charge in [-0.05, 0) is 61.1 Å². The lowest BCUT2D eigenvalue weighted by atomic mass is 9.96. The molecule has 41 heavy (non-hydrogen) atoms. The number of nitrogens with zero attached hydrogens (tertiary/aromatic N) is 2. The van der Waals surface area contributed by atoms with Gasteiger partial charge in [-0.15, -0.1) is 0 Å². The fourth-order valence-electron chi connectivity index (χ4n) is 6.39. The number of ether oxygens (including phenoxy) is 1. The molecule has 0 aliphatic carbocycles. The summed E-state index contributed by atoms with van der Waals surface area (Å²) < 4.78 is 5.29. The van der Waals surface area contributed by atoms with Crippen molar-refractivity contribution in [1.29, 1.82) is 0 Å². The van der Waals surface area contributed by atoms with Crippen LogP contribution in [0.1, 0.15) is 35.6 Å². The quantitative estimate of drug-likeness (QED) is 0.213. The molecular weight excluding hydrogens is 520 g/mol. The number of aromatic nitrogens is 3. The summed E-state index contributed by atoms with van der Waals surface area (Å²) in [6.45, 7) is 1.56. The number of methoxy groups -OCH3 is 1. The van der Waals surface area contributed by atoms with Crippen molar-refractivity contribution in [3.05, 3.63) is 94.3 Å². The van der Waals surface area contributed by atoms with Gasteiger partial charge in [-0.1, -0.05) is 18.2 Å². The SMILES string of the molecule is COc1ccc(CC2CC(C(=O)NCc3cc4cnccc4[nH]3)N(C(O)C3CC(c4ccc[nH]c4=O)CN3)C2)cc1. The molecule has 6 rings (SSSR count). The Morgan fingerprint density at radius 3 is 2.85 bits per heavy atom. The monoisotopic (exact) mass is 556 g/mol. The third-order valence-electron chi connectivity index (χ3n) is 8.49. The molecule has 2 aliphatic rings. The summed E-state index contributed by atoms with van der Waals surface area (Å²) in [7, 11) is 1.65. The van der Waals surface area contributed by atoms with Crippen LogP contribution in [-0.2, 0) is 17.8 Å². The molecule has 10 heteroatoms. The van der Waals surface area contributed by atoms with Gasteiger partial charge in [0.1, 0.15) is 12.0 Å². The molecule has 0 saturated carbocycles. The van der Waals surface area contributed by atoms with E-state index in [4.69, 9.17) is 4.74 Å². The van der Waals surface area contributed by atoms with Gasteiger partial charge >= 0.3 is 0 Å². The van der Waals surface area contributed by atoms with E-state index in [9.17, 15) is 14.7 Å². The predicted octanol–water partition coefficient (Wildman–Crippen LogP) is 2.27.